The first-order valence-corrected chi connectivity index (χ1v) is 5.65. The molecule has 86 valence electrons. The zero-order valence-electron chi connectivity index (χ0n) is 9.69. The van der Waals surface area contributed by atoms with Crippen LogP contribution in [-0.2, 0) is 20.0 Å². The van der Waals surface area contributed by atoms with E-state index < -0.39 is 0 Å². The van der Waals surface area contributed by atoms with Crippen molar-refractivity contribution in [1.82, 2.24) is 24.5 Å². The molecule has 1 N–H and O–H groups in total. The molecule has 0 fully saturated rings. The lowest BCUT2D eigenvalue weighted by Crippen LogP contribution is -2.05. The van der Waals surface area contributed by atoms with Crippen LogP contribution in [0.3, 0.4) is 0 Å². The van der Waals surface area contributed by atoms with E-state index in [2.05, 4.69) is 22.2 Å². The van der Waals surface area contributed by atoms with E-state index in [9.17, 15) is 0 Å². The summed E-state index contributed by atoms with van der Waals surface area (Å²) in [5, 5.41) is 11.3. The van der Waals surface area contributed by atoms with Crippen LogP contribution in [0.25, 0.3) is 0 Å². The quantitative estimate of drug-likeness (QED) is 0.825. The largest absolute Gasteiger partial charge is 0.300 e. The summed E-state index contributed by atoms with van der Waals surface area (Å²) in [7, 11) is 1.92. The maximum Gasteiger partial charge on any atom is 0.195 e. The molecule has 0 amide bonds. The number of hydrogen-bond donors (Lipinski definition) is 1. The molecule has 2 rings (SSSR count). The Kier molecular flexibility index (Phi) is 2.91. The minimum absolute atomic E-state index is 0.667. The first kappa shape index (κ1) is 11.1. The van der Waals surface area contributed by atoms with Crippen molar-refractivity contribution in [2.45, 2.75) is 26.8 Å². The van der Waals surface area contributed by atoms with E-state index >= 15 is 0 Å². The fourth-order valence-electron chi connectivity index (χ4n) is 1.76. The monoisotopic (exact) mass is 237 g/mol. The Bertz CT molecular complexity index is 548. The lowest BCUT2D eigenvalue weighted by Gasteiger charge is -2.03. The van der Waals surface area contributed by atoms with Crippen molar-refractivity contribution in [3.05, 3.63) is 28.0 Å². The molecule has 2 aromatic rings. The fraction of sp³-hybridized carbons (Fsp3) is 0.500. The van der Waals surface area contributed by atoms with Crippen LogP contribution < -0.4 is 0 Å². The zero-order valence-corrected chi connectivity index (χ0v) is 10.5. The molecule has 5 nitrogen and oxygen atoms in total. The molecule has 0 bridgehead atoms. The van der Waals surface area contributed by atoms with E-state index in [0.29, 0.717) is 4.77 Å². The second-order valence-corrected chi connectivity index (χ2v) is 4.18. The van der Waals surface area contributed by atoms with E-state index in [1.165, 1.54) is 5.56 Å². The van der Waals surface area contributed by atoms with Gasteiger partial charge in [-0.05, 0) is 19.1 Å². The maximum atomic E-state index is 5.21. The van der Waals surface area contributed by atoms with Crippen molar-refractivity contribution in [3.63, 3.8) is 0 Å². The third-order valence-electron chi connectivity index (χ3n) is 2.60. The Labute approximate surface area is 99.1 Å². The van der Waals surface area contributed by atoms with Crippen LogP contribution in [0, 0.1) is 11.7 Å². The number of nitrogens with zero attached hydrogens (tertiary/aromatic N) is 4. The highest BCUT2D eigenvalue weighted by Crippen LogP contribution is 2.09. The van der Waals surface area contributed by atoms with Crippen LogP contribution in [0.2, 0.25) is 0 Å². The third-order valence-corrected chi connectivity index (χ3v) is 2.91. The molecule has 6 heteroatoms. The summed E-state index contributed by atoms with van der Waals surface area (Å²) in [4.78, 5) is 0. The lowest BCUT2D eigenvalue weighted by molar-refractivity contribution is 0.720. The van der Waals surface area contributed by atoms with E-state index in [4.69, 9.17) is 12.2 Å². The van der Waals surface area contributed by atoms with Crippen LogP contribution in [0.1, 0.15) is 24.0 Å². The molecule has 0 spiro atoms. The number of hydrogen-bond acceptors (Lipinski definition) is 3. The lowest BCUT2D eigenvalue weighted by atomic mass is 10.2. The van der Waals surface area contributed by atoms with Gasteiger partial charge in [-0.3, -0.25) is 14.3 Å². The number of aryl methyl sites for hydroxylation is 3. The van der Waals surface area contributed by atoms with Crippen LogP contribution in [0.15, 0.2) is 6.20 Å². The summed E-state index contributed by atoms with van der Waals surface area (Å²) in [6.07, 6.45) is 2.88. The summed E-state index contributed by atoms with van der Waals surface area (Å²) in [5.74, 6) is 0.980. The van der Waals surface area contributed by atoms with Gasteiger partial charge in [-0.15, -0.1) is 0 Å². The van der Waals surface area contributed by atoms with Gasteiger partial charge in [0, 0.05) is 25.2 Å². The molecule has 0 atom stereocenters. The highest BCUT2D eigenvalue weighted by molar-refractivity contribution is 7.71. The number of aromatic nitrogens is 5. The Morgan fingerprint density at radius 3 is 2.81 bits per heavy atom. The summed E-state index contributed by atoms with van der Waals surface area (Å²) in [5.41, 5.74) is 2.21. The van der Waals surface area contributed by atoms with Crippen molar-refractivity contribution in [2.24, 2.45) is 7.05 Å². The van der Waals surface area contributed by atoms with Gasteiger partial charge in [-0.1, -0.05) is 6.92 Å². The summed E-state index contributed by atoms with van der Waals surface area (Å²) in [6, 6.07) is 0. The van der Waals surface area contributed by atoms with Gasteiger partial charge in [0.15, 0.2) is 4.77 Å². The second-order valence-electron chi connectivity index (χ2n) is 3.80. The molecular weight excluding hydrogens is 222 g/mol. The van der Waals surface area contributed by atoms with Gasteiger partial charge in [-0.2, -0.15) is 10.2 Å². The van der Waals surface area contributed by atoms with E-state index in [1.807, 2.05) is 29.4 Å². The summed E-state index contributed by atoms with van der Waals surface area (Å²) < 4.78 is 4.50. The number of nitrogens with one attached hydrogen (secondary N) is 1. The van der Waals surface area contributed by atoms with Crippen LogP contribution in [0.5, 0.6) is 0 Å². The Balaban J connectivity index is 2.36. The van der Waals surface area contributed by atoms with Gasteiger partial charge < -0.3 is 0 Å². The van der Waals surface area contributed by atoms with Gasteiger partial charge in [0.1, 0.15) is 5.82 Å². The highest BCUT2D eigenvalue weighted by atomic mass is 32.1. The van der Waals surface area contributed by atoms with Crippen LogP contribution in [-0.4, -0.2) is 24.5 Å². The minimum atomic E-state index is 0.667. The molecule has 0 saturated carbocycles. The van der Waals surface area contributed by atoms with Crippen LogP contribution in [0.4, 0.5) is 0 Å². The second kappa shape index (κ2) is 4.21. The normalized spacial score (nSPS) is 10.9. The predicted octanol–water partition coefficient (Wildman–Crippen LogP) is 1.59. The molecule has 0 radical (unpaired) electrons. The molecule has 0 unspecified atom stereocenters. The predicted molar refractivity (Wildman–Crippen MR) is 63.8 cm³/mol. The van der Waals surface area contributed by atoms with Crippen molar-refractivity contribution in [1.29, 1.82) is 0 Å². The molecule has 0 aliphatic rings. The molecule has 16 heavy (non-hydrogen) atoms. The van der Waals surface area contributed by atoms with Crippen molar-refractivity contribution < 1.29 is 0 Å². The van der Waals surface area contributed by atoms with E-state index in [0.717, 1.165) is 24.5 Å². The van der Waals surface area contributed by atoms with E-state index in [-0.39, 0.29) is 0 Å². The van der Waals surface area contributed by atoms with Gasteiger partial charge in [-0.25, -0.2) is 0 Å². The van der Waals surface area contributed by atoms with Gasteiger partial charge in [0.25, 0.3) is 0 Å². The average molecular weight is 237 g/mol. The Morgan fingerprint density at radius 2 is 2.25 bits per heavy atom. The fourth-order valence-corrected chi connectivity index (χ4v) is 1.97. The molecule has 0 aliphatic carbocycles. The van der Waals surface area contributed by atoms with Crippen molar-refractivity contribution in [3.8, 4) is 0 Å². The topological polar surface area (TPSA) is 51.4 Å². The summed E-state index contributed by atoms with van der Waals surface area (Å²) in [6.45, 7) is 4.81. The first-order chi connectivity index (χ1) is 7.61. The van der Waals surface area contributed by atoms with Crippen molar-refractivity contribution >= 4 is 12.2 Å². The highest BCUT2D eigenvalue weighted by Gasteiger charge is 2.08. The molecule has 0 aliphatic heterocycles. The Morgan fingerprint density at radius 1 is 1.50 bits per heavy atom. The standard InChI is InChI=1S/C10H15N5S/c1-4-9-11-12-10(16)15(9)6-8-5-14(3)13-7(8)2/h5H,4,6H2,1-3H3,(H,12,16). The smallest absolute Gasteiger partial charge is 0.195 e. The Hall–Kier alpha value is -1.43. The number of aromatic amines is 1. The maximum absolute atomic E-state index is 5.21. The van der Waals surface area contributed by atoms with Gasteiger partial charge in [0.05, 0.1) is 12.2 Å². The molecule has 0 aromatic carbocycles. The SMILES string of the molecule is CCc1n[nH]c(=S)n1Cc1cn(C)nc1C. The molecule has 0 saturated heterocycles. The van der Waals surface area contributed by atoms with Crippen molar-refractivity contribution in [2.75, 3.05) is 0 Å². The molecule has 2 heterocycles. The molecular formula is C10H15N5S. The molecule has 2 aromatic heterocycles. The number of rotatable bonds is 3. The first-order valence-electron chi connectivity index (χ1n) is 5.25. The van der Waals surface area contributed by atoms with Crippen LogP contribution >= 0.6 is 12.2 Å². The third kappa shape index (κ3) is 1.92. The van der Waals surface area contributed by atoms with Gasteiger partial charge >= 0.3 is 0 Å². The van der Waals surface area contributed by atoms with E-state index in [1.54, 1.807) is 0 Å². The number of H-pyrrole nitrogens is 1. The minimum Gasteiger partial charge on any atom is -0.300 e. The van der Waals surface area contributed by atoms with Gasteiger partial charge in [0.2, 0.25) is 0 Å². The summed E-state index contributed by atoms with van der Waals surface area (Å²) >= 11 is 5.21. The average Bonchev–Trinajstić information content (AvgIpc) is 2.73. The zero-order chi connectivity index (χ0) is 11.7.